The number of halogens is 2. The summed E-state index contributed by atoms with van der Waals surface area (Å²) in [6, 6.07) is 7.20. The largest absolute Gasteiger partial charge is 0.435 e. The summed E-state index contributed by atoms with van der Waals surface area (Å²) in [4.78, 5) is 23.0. The van der Waals surface area contributed by atoms with Crippen molar-refractivity contribution in [2.45, 2.75) is 13.5 Å². The third-order valence-corrected chi connectivity index (χ3v) is 4.19. The van der Waals surface area contributed by atoms with Gasteiger partial charge in [0, 0.05) is 44.0 Å². The average molecular weight is 422 g/mol. The molecule has 3 rings (SSSR count). The lowest BCUT2D eigenvalue weighted by atomic mass is 10.3. The Morgan fingerprint density at radius 2 is 2.03 bits per heavy atom. The van der Waals surface area contributed by atoms with Gasteiger partial charge in [0.2, 0.25) is 0 Å². The lowest BCUT2D eigenvalue weighted by Crippen LogP contribution is -2.37. The van der Waals surface area contributed by atoms with Crippen LogP contribution in [0.25, 0.3) is 0 Å². The molecule has 1 fully saturated rings. The van der Waals surface area contributed by atoms with Gasteiger partial charge in [0.1, 0.15) is 23.2 Å². The molecule has 30 heavy (non-hydrogen) atoms. The van der Waals surface area contributed by atoms with Crippen LogP contribution in [0.1, 0.15) is 5.82 Å². The number of benzene rings is 1. The Hall–Kier alpha value is -3.21. The van der Waals surface area contributed by atoms with Gasteiger partial charge in [0.15, 0.2) is 0 Å². The molecule has 2 aromatic rings. The van der Waals surface area contributed by atoms with Gasteiger partial charge in [0.05, 0.1) is 13.2 Å². The fourth-order valence-electron chi connectivity index (χ4n) is 2.89. The van der Waals surface area contributed by atoms with E-state index in [1.54, 1.807) is 6.07 Å². The highest BCUT2D eigenvalue weighted by molar-refractivity contribution is 5.89. The van der Waals surface area contributed by atoms with Crippen LogP contribution >= 0.6 is 0 Å². The Morgan fingerprint density at radius 1 is 1.23 bits per heavy atom. The van der Waals surface area contributed by atoms with E-state index in [4.69, 9.17) is 4.74 Å². The number of hydrogen-bond donors (Lipinski definition) is 3. The molecule has 0 radical (unpaired) electrons. The van der Waals surface area contributed by atoms with Crippen molar-refractivity contribution in [3.8, 4) is 5.75 Å². The predicted octanol–water partition coefficient (Wildman–Crippen LogP) is 2.46. The number of carbonyl (C=O) groups excluding carboxylic acids is 1. The van der Waals surface area contributed by atoms with E-state index in [1.807, 2.05) is 13.0 Å². The van der Waals surface area contributed by atoms with Crippen LogP contribution in [0.5, 0.6) is 5.75 Å². The molecule has 0 saturated carbocycles. The second-order valence-electron chi connectivity index (χ2n) is 6.47. The number of nitrogens with one attached hydrogen (secondary N) is 3. The third kappa shape index (κ3) is 6.69. The Morgan fingerprint density at radius 3 is 2.80 bits per heavy atom. The second kappa shape index (κ2) is 10.5. The van der Waals surface area contributed by atoms with Gasteiger partial charge in [-0.2, -0.15) is 8.78 Å². The molecule has 0 spiro atoms. The number of nitrogens with zero attached hydrogens (tertiary/aromatic N) is 3. The summed E-state index contributed by atoms with van der Waals surface area (Å²) in [6.07, 6.45) is 0. The average Bonchev–Trinajstić information content (AvgIpc) is 2.71. The summed E-state index contributed by atoms with van der Waals surface area (Å²) in [5, 5.41) is 8.41. The number of aryl methyl sites for hydroxylation is 1. The van der Waals surface area contributed by atoms with Crippen molar-refractivity contribution in [2.75, 3.05) is 54.9 Å². The topological polar surface area (TPSA) is 101 Å². The Labute approximate surface area is 172 Å². The predicted molar refractivity (Wildman–Crippen MR) is 108 cm³/mol. The van der Waals surface area contributed by atoms with Crippen LogP contribution in [0.4, 0.5) is 30.9 Å². The minimum absolute atomic E-state index is 0.0281. The summed E-state index contributed by atoms with van der Waals surface area (Å²) in [7, 11) is 0. The standard InChI is InChI=1S/C19H24F2N6O3/c1-13-24-16(12-17(25-13)27-7-9-29-10-8-27)22-5-6-23-19(28)26-14-3-2-4-15(11-14)30-18(20)21/h2-4,11-12,18H,5-10H2,1H3,(H,22,24,25)(H2,23,26,28). The molecule has 1 aromatic heterocycles. The summed E-state index contributed by atoms with van der Waals surface area (Å²) >= 11 is 0. The quantitative estimate of drug-likeness (QED) is 0.562. The number of aromatic nitrogens is 2. The molecule has 2 heterocycles. The molecule has 1 aliphatic rings. The smallest absolute Gasteiger partial charge is 0.387 e. The fraction of sp³-hybridized carbons (Fsp3) is 0.421. The van der Waals surface area contributed by atoms with Crippen molar-refractivity contribution in [3.63, 3.8) is 0 Å². The first-order chi connectivity index (χ1) is 14.5. The van der Waals surface area contributed by atoms with Crippen LogP contribution in [-0.2, 0) is 4.74 Å². The third-order valence-electron chi connectivity index (χ3n) is 4.19. The highest BCUT2D eigenvalue weighted by Crippen LogP contribution is 2.19. The first kappa shape index (κ1) is 21.5. The molecule has 0 atom stereocenters. The van der Waals surface area contributed by atoms with Gasteiger partial charge in [-0.25, -0.2) is 14.8 Å². The number of hydrogen-bond acceptors (Lipinski definition) is 7. The number of amides is 2. The molecule has 11 heteroatoms. The summed E-state index contributed by atoms with van der Waals surface area (Å²) in [5.41, 5.74) is 0.347. The Bertz CT molecular complexity index is 849. The van der Waals surface area contributed by atoms with Crippen LogP contribution in [0.15, 0.2) is 30.3 Å². The summed E-state index contributed by atoms with van der Waals surface area (Å²) in [5.74, 6) is 2.13. The minimum atomic E-state index is -2.92. The van der Waals surface area contributed by atoms with E-state index in [2.05, 4.69) is 35.6 Å². The zero-order valence-corrected chi connectivity index (χ0v) is 16.5. The van der Waals surface area contributed by atoms with Gasteiger partial charge in [-0.1, -0.05) is 6.07 Å². The summed E-state index contributed by atoms with van der Waals surface area (Å²) < 4.78 is 34.2. The van der Waals surface area contributed by atoms with Gasteiger partial charge in [-0.15, -0.1) is 0 Å². The molecule has 1 aromatic carbocycles. The minimum Gasteiger partial charge on any atom is -0.435 e. The van der Waals surface area contributed by atoms with Crippen LogP contribution < -0.4 is 25.6 Å². The van der Waals surface area contributed by atoms with E-state index >= 15 is 0 Å². The van der Waals surface area contributed by atoms with E-state index < -0.39 is 12.6 Å². The SMILES string of the molecule is Cc1nc(NCCNC(=O)Nc2cccc(OC(F)F)c2)cc(N2CCOCC2)n1. The molecule has 3 N–H and O–H groups in total. The van der Waals surface area contributed by atoms with Crippen molar-refractivity contribution in [3.05, 3.63) is 36.2 Å². The normalized spacial score (nSPS) is 13.8. The number of rotatable bonds is 8. The highest BCUT2D eigenvalue weighted by atomic mass is 19.3. The number of anilines is 3. The molecule has 0 aliphatic carbocycles. The molecular weight excluding hydrogens is 398 g/mol. The number of carbonyl (C=O) groups is 1. The lowest BCUT2D eigenvalue weighted by Gasteiger charge is -2.28. The second-order valence-corrected chi connectivity index (χ2v) is 6.47. The number of morpholine rings is 1. The first-order valence-corrected chi connectivity index (χ1v) is 9.51. The van der Waals surface area contributed by atoms with Gasteiger partial charge in [-0.05, 0) is 19.1 Å². The zero-order chi connectivity index (χ0) is 21.3. The van der Waals surface area contributed by atoms with Gasteiger partial charge >= 0.3 is 12.6 Å². The van der Waals surface area contributed by atoms with Gasteiger partial charge in [0.25, 0.3) is 0 Å². The monoisotopic (exact) mass is 422 g/mol. The maximum atomic E-state index is 12.3. The van der Waals surface area contributed by atoms with Crippen LogP contribution in [-0.4, -0.2) is 62.0 Å². The van der Waals surface area contributed by atoms with E-state index in [1.165, 1.54) is 18.2 Å². The van der Waals surface area contributed by atoms with Crippen molar-refractivity contribution in [1.82, 2.24) is 15.3 Å². The molecule has 0 unspecified atom stereocenters. The summed E-state index contributed by atoms with van der Waals surface area (Å²) in [6.45, 7) is 2.57. The van der Waals surface area contributed by atoms with Crippen molar-refractivity contribution in [1.29, 1.82) is 0 Å². The lowest BCUT2D eigenvalue weighted by molar-refractivity contribution is -0.0498. The van der Waals surface area contributed by atoms with Crippen LogP contribution in [0.2, 0.25) is 0 Å². The molecule has 1 aliphatic heterocycles. The molecule has 162 valence electrons. The molecule has 9 nitrogen and oxygen atoms in total. The van der Waals surface area contributed by atoms with Crippen LogP contribution in [0.3, 0.4) is 0 Å². The van der Waals surface area contributed by atoms with Crippen LogP contribution in [0, 0.1) is 6.92 Å². The van der Waals surface area contributed by atoms with Gasteiger partial charge < -0.3 is 30.3 Å². The van der Waals surface area contributed by atoms with Crippen molar-refractivity contribution < 1.29 is 23.0 Å². The zero-order valence-electron chi connectivity index (χ0n) is 16.5. The van der Waals surface area contributed by atoms with Gasteiger partial charge in [-0.3, -0.25) is 0 Å². The Kier molecular flexibility index (Phi) is 7.55. The molecule has 0 bridgehead atoms. The maximum absolute atomic E-state index is 12.3. The molecule has 2 amide bonds. The van der Waals surface area contributed by atoms with Crippen molar-refractivity contribution in [2.24, 2.45) is 0 Å². The van der Waals surface area contributed by atoms with E-state index in [-0.39, 0.29) is 5.75 Å². The fourth-order valence-corrected chi connectivity index (χ4v) is 2.89. The molecule has 1 saturated heterocycles. The van der Waals surface area contributed by atoms with E-state index in [0.717, 1.165) is 18.9 Å². The van der Waals surface area contributed by atoms with E-state index in [0.29, 0.717) is 43.6 Å². The first-order valence-electron chi connectivity index (χ1n) is 9.51. The number of ether oxygens (including phenoxy) is 2. The highest BCUT2D eigenvalue weighted by Gasteiger charge is 2.14. The van der Waals surface area contributed by atoms with Crippen molar-refractivity contribution >= 4 is 23.4 Å². The molecular formula is C19H24F2N6O3. The van der Waals surface area contributed by atoms with E-state index in [9.17, 15) is 13.6 Å². The maximum Gasteiger partial charge on any atom is 0.387 e. The Balaban J connectivity index is 1.44. The number of alkyl halides is 2. The number of urea groups is 1.